The lowest BCUT2D eigenvalue weighted by molar-refractivity contribution is 0.0375. The van der Waals surface area contributed by atoms with E-state index in [1.54, 1.807) is 7.11 Å². The van der Waals surface area contributed by atoms with E-state index in [4.69, 9.17) is 9.47 Å². The first-order valence-electron chi connectivity index (χ1n) is 8.24. The van der Waals surface area contributed by atoms with Gasteiger partial charge < -0.3 is 14.0 Å². The van der Waals surface area contributed by atoms with E-state index in [0.717, 1.165) is 45.9 Å². The van der Waals surface area contributed by atoms with Crippen LogP contribution in [0.2, 0.25) is 0 Å². The standard InChI is InChI=1S/C18H26N2O2/c1-21-12-11-20-15-16(17-6-2-3-7-18(17)20)5-4-8-19-9-13-22-14-10-19/h2-3,6-7,15H,4-5,8-14H2,1H3. The van der Waals surface area contributed by atoms with Gasteiger partial charge in [0.2, 0.25) is 0 Å². The molecule has 22 heavy (non-hydrogen) atoms. The van der Waals surface area contributed by atoms with Gasteiger partial charge in [0, 0.05) is 43.8 Å². The van der Waals surface area contributed by atoms with Gasteiger partial charge in [0.15, 0.2) is 0 Å². The van der Waals surface area contributed by atoms with Gasteiger partial charge in [-0.2, -0.15) is 0 Å². The zero-order valence-corrected chi connectivity index (χ0v) is 13.5. The Kier molecular flexibility index (Phi) is 5.48. The van der Waals surface area contributed by atoms with Crippen LogP contribution < -0.4 is 0 Å². The molecule has 3 rings (SSSR count). The Morgan fingerprint density at radius 3 is 2.77 bits per heavy atom. The van der Waals surface area contributed by atoms with Crippen LogP contribution in [0.4, 0.5) is 0 Å². The zero-order chi connectivity index (χ0) is 15.2. The Morgan fingerprint density at radius 2 is 1.95 bits per heavy atom. The van der Waals surface area contributed by atoms with E-state index < -0.39 is 0 Å². The molecule has 2 aromatic rings. The van der Waals surface area contributed by atoms with Gasteiger partial charge in [0.05, 0.1) is 19.8 Å². The Bertz CT molecular complexity index is 588. The number of hydrogen-bond donors (Lipinski definition) is 0. The molecule has 4 nitrogen and oxygen atoms in total. The Labute approximate surface area is 132 Å². The van der Waals surface area contributed by atoms with Crippen LogP contribution in [0, 0.1) is 0 Å². The summed E-state index contributed by atoms with van der Waals surface area (Å²) >= 11 is 0. The Balaban J connectivity index is 1.64. The molecule has 1 aromatic carbocycles. The van der Waals surface area contributed by atoms with Crippen molar-refractivity contribution in [2.45, 2.75) is 19.4 Å². The highest BCUT2D eigenvalue weighted by molar-refractivity contribution is 5.83. The summed E-state index contributed by atoms with van der Waals surface area (Å²) in [5.41, 5.74) is 2.78. The van der Waals surface area contributed by atoms with Gasteiger partial charge in [-0.05, 0) is 31.0 Å². The lowest BCUT2D eigenvalue weighted by Gasteiger charge is -2.26. The maximum atomic E-state index is 5.41. The third kappa shape index (κ3) is 3.69. The van der Waals surface area contributed by atoms with Gasteiger partial charge in [0.1, 0.15) is 0 Å². The smallest absolute Gasteiger partial charge is 0.0641 e. The van der Waals surface area contributed by atoms with Crippen molar-refractivity contribution in [1.82, 2.24) is 9.47 Å². The molecule has 0 bridgehead atoms. The molecule has 0 saturated carbocycles. The van der Waals surface area contributed by atoms with Crippen LogP contribution in [0.5, 0.6) is 0 Å². The Hall–Kier alpha value is -1.36. The lowest BCUT2D eigenvalue weighted by atomic mass is 10.1. The molecule has 0 radical (unpaired) electrons. The van der Waals surface area contributed by atoms with Crippen LogP contribution in [-0.2, 0) is 22.4 Å². The summed E-state index contributed by atoms with van der Waals surface area (Å²) < 4.78 is 13.0. The van der Waals surface area contributed by atoms with Crippen molar-refractivity contribution in [3.63, 3.8) is 0 Å². The first-order valence-corrected chi connectivity index (χ1v) is 8.24. The fourth-order valence-corrected chi connectivity index (χ4v) is 3.21. The normalized spacial score (nSPS) is 16.4. The first-order chi connectivity index (χ1) is 10.9. The molecule has 0 aliphatic carbocycles. The topological polar surface area (TPSA) is 26.6 Å². The monoisotopic (exact) mass is 302 g/mol. The van der Waals surface area contributed by atoms with Crippen molar-refractivity contribution in [2.75, 3.05) is 46.6 Å². The number of methoxy groups -OCH3 is 1. The van der Waals surface area contributed by atoms with Crippen LogP contribution in [0.1, 0.15) is 12.0 Å². The van der Waals surface area contributed by atoms with E-state index in [1.807, 2.05) is 0 Å². The van der Waals surface area contributed by atoms with E-state index in [-0.39, 0.29) is 0 Å². The fraction of sp³-hybridized carbons (Fsp3) is 0.556. The maximum absolute atomic E-state index is 5.41. The Morgan fingerprint density at radius 1 is 1.14 bits per heavy atom. The molecule has 4 heteroatoms. The molecule has 1 fully saturated rings. The number of aryl methyl sites for hydroxylation is 1. The van der Waals surface area contributed by atoms with Gasteiger partial charge in [0.25, 0.3) is 0 Å². The summed E-state index contributed by atoms with van der Waals surface area (Å²) in [5.74, 6) is 0. The number of nitrogens with zero attached hydrogens (tertiary/aromatic N) is 2. The first kappa shape index (κ1) is 15.5. The summed E-state index contributed by atoms with van der Waals surface area (Å²) in [5, 5.41) is 1.39. The van der Waals surface area contributed by atoms with Gasteiger partial charge in [-0.25, -0.2) is 0 Å². The zero-order valence-electron chi connectivity index (χ0n) is 13.5. The maximum Gasteiger partial charge on any atom is 0.0641 e. The molecule has 1 aliphatic heterocycles. The van der Waals surface area contributed by atoms with Gasteiger partial charge in [-0.1, -0.05) is 18.2 Å². The molecular formula is C18H26N2O2. The predicted octanol–water partition coefficient (Wildman–Crippen LogP) is 2.55. The van der Waals surface area contributed by atoms with E-state index in [9.17, 15) is 0 Å². The van der Waals surface area contributed by atoms with Crippen molar-refractivity contribution in [2.24, 2.45) is 0 Å². The lowest BCUT2D eigenvalue weighted by Crippen LogP contribution is -2.36. The molecule has 0 N–H and O–H groups in total. The van der Waals surface area contributed by atoms with Gasteiger partial charge >= 0.3 is 0 Å². The average molecular weight is 302 g/mol. The van der Waals surface area contributed by atoms with Crippen LogP contribution in [0.25, 0.3) is 10.9 Å². The third-order valence-electron chi connectivity index (χ3n) is 4.43. The molecule has 0 amide bonds. The minimum atomic E-state index is 0.756. The van der Waals surface area contributed by atoms with E-state index in [0.29, 0.717) is 0 Å². The fourth-order valence-electron chi connectivity index (χ4n) is 3.21. The van der Waals surface area contributed by atoms with Crippen molar-refractivity contribution < 1.29 is 9.47 Å². The number of hydrogen-bond acceptors (Lipinski definition) is 3. The molecule has 1 aromatic heterocycles. The highest BCUT2D eigenvalue weighted by atomic mass is 16.5. The molecule has 0 spiro atoms. The third-order valence-corrected chi connectivity index (χ3v) is 4.43. The van der Waals surface area contributed by atoms with Crippen molar-refractivity contribution in [3.8, 4) is 0 Å². The number of morpholine rings is 1. The molecule has 0 unspecified atom stereocenters. The van der Waals surface area contributed by atoms with Crippen LogP contribution >= 0.6 is 0 Å². The summed E-state index contributed by atoms with van der Waals surface area (Å²) in [7, 11) is 1.76. The molecule has 2 heterocycles. The van der Waals surface area contributed by atoms with Crippen molar-refractivity contribution in [1.29, 1.82) is 0 Å². The SMILES string of the molecule is COCCn1cc(CCCN2CCOCC2)c2ccccc21. The summed E-state index contributed by atoms with van der Waals surface area (Å²) in [6.07, 6.45) is 4.65. The summed E-state index contributed by atoms with van der Waals surface area (Å²) in [6, 6.07) is 8.69. The van der Waals surface area contributed by atoms with Crippen molar-refractivity contribution >= 4 is 10.9 Å². The number of fused-ring (bicyclic) bond motifs is 1. The summed E-state index contributed by atoms with van der Waals surface area (Å²) in [6.45, 7) is 6.77. The molecule has 0 atom stereocenters. The van der Waals surface area contributed by atoms with Crippen molar-refractivity contribution in [3.05, 3.63) is 36.0 Å². The highest BCUT2D eigenvalue weighted by Gasteiger charge is 2.11. The predicted molar refractivity (Wildman–Crippen MR) is 89.4 cm³/mol. The second-order valence-electron chi connectivity index (χ2n) is 5.92. The number of ether oxygens (including phenoxy) is 2. The minimum Gasteiger partial charge on any atom is -0.383 e. The van der Waals surface area contributed by atoms with Gasteiger partial charge in [-0.3, -0.25) is 4.90 Å². The highest BCUT2D eigenvalue weighted by Crippen LogP contribution is 2.22. The van der Waals surface area contributed by atoms with E-state index >= 15 is 0 Å². The quantitative estimate of drug-likeness (QED) is 0.786. The minimum absolute atomic E-state index is 0.756. The van der Waals surface area contributed by atoms with Gasteiger partial charge in [-0.15, -0.1) is 0 Å². The molecular weight excluding hydrogens is 276 g/mol. The average Bonchev–Trinajstić information content (AvgIpc) is 2.92. The molecule has 120 valence electrons. The van der Waals surface area contributed by atoms with Crippen LogP contribution in [0.15, 0.2) is 30.5 Å². The summed E-state index contributed by atoms with van der Waals surface area (Å²) in [4.78, 5) is 2.51. The number of para-hydroxylation sites is 1. The second kappa shape index (κ2) is 7.77. The van der Waals surface area contributed by atoms with Crippen LogP contribution in [0.3, 0.4) is 0 Å². The second-order valence-corrected chi connectivity index (χ2v) is 5.92. The number of rotatable bonds is 7. The number of benzene rings is 1. The molecule has 1 aliphatic rings. The number of aromatic nitrogens is 1. The van der Waals surface area contributed by atoms with E-state index in [1.165, 1.54) is 29.4 Å². The van der Waals surface area contributed by atoms with Crippen LogP contribution in [-0.4, -0.2) is 56.0 Å². The largest absolute Gasteiger partial charge is 0.383 e. The van der Waals surface area contributed by atoms with E-state index in [2.05, 4.69) is 39.9 Å². The molecule has 1 saturated heterocycles.